The lowest BCUT2D eigenvalue weighted by Crippen LogP contribution is -2.28. The first-order valence-corrected chi connectivity index (χ1v) is 5.37. The fourth-order valence-electron chi connectivity index (χ4n) is 1.91. The standard InChI is InChI=1S/C12H14FN3O2/c1-12(17,10-5-4-8(13)6-14-10)11-9(18-3)7-15-16(11)2/h4-7,17H,1-3H3. The monoisotopic (exact) mass is 251 g/mol. The van der Waals surface area contributed by atoms with Crippen molar-refractivity contribution in [3.05, 3.63) is 41.7 Å². The molecule has 2 rings (SSSR count). The number of methoxy groups -OCH3 is 1. The molecule has 1 atom stereocenters. The Labute approximate surface area is 104 Å². The maximum Gasteiger partial charge on any atom is 0.163 e. The van der Waals surface area contributed by atoms with Crippen LogP contribution in [-0.4, -0.2) is 27.0 Å². The van der Waals surface area contributed by atoms with Crippen molar-refractivity contribution in [1.82, 2.24) is 14.8 Å². The van der Waals surface area contributed by atoms with Crippen molar-refractivity contribution in [2.24, 2.45) is 7.05 Å². The van der Waals surface area contributed by atoms with Gasteiger partial charge >= 0.3 is 0 Å². The number of hydrogen-bond donors (Lipinski definition) is 1. The zero-order chi connectivity index (χ0) is 13.3. The van der Waals surface area contributed by atoms with E-state index in [0.717, 1.165) is 6.20 Å². The summed E-state index contributed by atoms with van der Waals surface area (Å²) in [6, 6.07) is 2.68. The van der Waals surface area contributed by atoms with Crippen LogP contribution in [0.25, 0.3) is 0 Å². The van der Waals surface area contributed by atoms with Crippen molar-refractivity contribution in [3.8, 4) is 5.75 Å². The van der Waals surface area contributed by atoms with Crippen molar-refractivity contribution < 1.29 is 14.2 Å². The van der Waals surface area contributed by atoms with E-state index in [1.807, 2.05) is 0 Å². The lowest BCUT2D eigenvalue weighted by Gasteiger charge is -2.23. The molecule has 0 aliphatic rings. The molecule has 5 nitrogen and oxygen atoms in total. The molecule has 0 saturated carbocycles. The second-order valence-corrected chi connectivity index (χ2v) is 4.12. The average molecular weight is 251 g/mol. The maximum absolute atomic E-state index is 12.9. The van der Waals surface area contributed by atoms with E-state index in [2.05, 4.69) is 10.1 Å². The number of nitrogens with zero attached hydrogens (tertiary/aromatic N) is 3. The minimum absolute atomic E-state index is 0.325. The molecule has 2 aromatic rings. The highest BCUT2D eigenvalue weighted by Crippen LogP contribution is 2.33. The Bertz CT molecular complexity index is 549. The summed E-state index contributed by atoms with van der Waals surface area (Å²) in [4.78, 5) is 3.90. The summed E-state index contributed by atoms with van der Waals surface area (Å²) >= 11 is 0. The third-order valence-electron chi connectivity index (χ3n) is 2.81. The van der Waals surface area contributed by atoms with Crippen LogP contribution >= 0.6 is 0 Å². The highest BCUT2D eigenvalue weighted by atomic mass is 19.1. The van der Waals surface area contributed by atoms with Gasteiger partial charge in [-0.2, -0.15) is 5.10 Å². The van der Waals surface area contributed by atoms with E-state index in [1.165, 1.54) is 30.1 Å². The number of ether oxygens (including phenoxy) is 1. The summed E-state index contributed by atoms with van der Waals surface area (Å²) in [5.41, 5.74) is -0.625. The van der Waals surface area contributed by atoms with Crippen molar-refractivity contribution in [2.75, 3.05) is 7.11 Å². The van der Waals surface area contributed by atoms with Crippen LogP contribution in [0, 0.1) is 5.82 Å². The van der Waals surface area contributed by atoms with E-state index in [1.54, 1.807) is 14.0 Å². The summed E-state index contributed by atoms with van der Waals surface area (Å²) in [5, 5.41) is 14.6. The van der Waals surface area contributed by atoms with Crippen LogP contribution in [0.5, 0.6) is 5.75 Å². The molecule has 2 aromatic heterocycles. The van der Waals surface area contributed by atoms with Gasteiger partial charge in [0.15, 0.2) is 5.75 Å². The Morgan fingerprint density at radius 1 is 1.39 bits per heavy atom. The fourth-order valence-corrected chi connectivity index (χ4v) is 1.91. The number of hydrogen-bond acceptors (Lipinski definition) is 4. The van der Waals surface area contributed by atoms with Crippen LogP contribution in [-0.2, 0) is 12.6 Å². The van der Waals surface area contributed by atoms with Crippen LogP contribution in [0.1, 0.15) is 18.3 Å². The van der Waals surface area contributed by atoms with Crippen molar-refractivity contribution in [1.29, 1.82) is 0 Å². The molecular formula is C12H14FN3O2. The minimum atomic E-state index is -1.41. The highest BCUT2D eigenvalue weighted by Gasteiger charge is 2.34. The first-order chi connectivity index (χ1) is 8.46. The van der Waals surface area contributed by atoms with Crippen molar-refractivity contribution in [3.63, 3.8) is 0 Å². The Hall–Kier alpha value is -1.95. The SMILES string of the molecule is COc1cnn(C)c1C(C)(O)c1ccc(F)cn1. The van der Waals surface area contributed by atoms with E-state index in [-0.39, 0.29) is 0 Å². The van der Waals surface area contributed by atoms with E-state index in [9.17, 15) is 9.50 Å². The molecule has 0 aliphatic heterocycles. The molecule has 0 spiro atoms. The predicted molar refractivity (Wildman–Crippen MR) is 62.6 cm³/mol. The largest absolute Gasteiger partial charge is 0.493 e. The molecule has 0 aromatic carbocycles. The van der Waals surface area contributed by atoms with Crippen LogP contribution in [0.15, 0.2) is 24.5 Å². The maximum atomic E-state index is 12.9. The molecule has 96 valence electrons. The normalized spacial score (nSPS) is 14.3. The lowest BCUT2D eigenvalue weighted by molar-refractivity contribution is 0.0849. The smallest absolute Gasteiger partial charge is 0.163 e. The van der Waals surface area contributed by atoms with Gasteiger partial charge in [0.1, 0.15) is 17.1 Å². The Balaban J connectivity index is 2.53. The summed E-state index contributed by atoms with van der Waals surface area (Å²) < 4.78 is 19.5. The van der Waals surface area contributed by atoms with Gasteiger partial charge in [0, 0.05) is 7.05 Å². The van der Waals surface area contributed by atoms with Crippen molar-refractivity contribution >= 4 is 0 Å². The van der Waals surface area contributed by atoms with Crippen LogP contribution in [0.4, 0.5) is 4.39 Å². The Morgan fingerprint density at radius 3 is 2.67 bits per heavy atom. The van der Waals surface area contributed by atoms with Crippen molar-refractivity contribution in [2.45, 2.75) is 12.5 Å². The number of aryl methyl sites for hydroxylation is 1. The van der Waals surface area contributed by atoms with Gasteiger partial charge in [-0.3, -0.25) is 9.67 Å². The molecular weight excluding hydrogens is 237 g/mol. The van der Waals surface area contributed by atoms with E-state index < -0.39 is 11.4 Å². The van der Waals surface area contributed by atoms with Crippen LogP contribution in [0.2, 0.25) is 0 Å². The number of halogens is 1. The molecule has 0 fully saturated rings. The Morgan fingerprint density at radius 2 is 2.11 bits per heavy atom. The average Bonchev–Trinajstić information content (AvgIpc) is 2.71. The molecule has 0 amide bonds. The van der Waals surface area contributed by atoms with Gasteiger partial charge in [-0.15, -0.1) is 0 Å². The Kier molecular flexibility index (Phi) is 3.04. The van der Waals surface area contributed by atoms with E-state index in [0.29, 0.717) is 17.1 Å². The second-order valence-electron chi connectivity index (χ2n) is 4.12. The fraction of sp³-hybridized carbons (Fsp3) is 0.333. The molecule has 2 heterocycles. The first-order valence-electron chi connectivity index (χ1n) is 5.37. The predicted octanol–water partition coefficient (Wildman–Crippen LogP) is 1.22. The zero-order valence-electron chi connectivity index (χ0n) is 10.4. The van der Waals surface area contributed by atoms with Gasteiger partial charge < -0.3 is 9.84 Å². The molecule has 1 N–H and O–H groups in total. The number of aliphatic hydroxyl groups is 1. The van der Waals surface area contributed by atoms with Gasteiger partial charge in [0.05, 0.1) is 25.2 Å². The van der Waals surface area contributed by atoms with E-state index >= 15 is 0 Å². The van der Waals surface area contributed by atoms with Gasteiger partial charge in [-0.05, 0) is 19.1 Å². The zero-order valence-corrected chi connectivity index (χ0v) is 10.4. The van der Waals surface area contributed by atoms with Gasteiger partial charge in [0.2, 0.25) is 0 Å². The molecule has 0 saturated heterocycles. The lowest BCUT2D eigenvalue weighted by atomic mass is 9.96. The van der Waals surface area contributed by atoms with Crippen LogP contribution in [0.3, 0.4) is 0 Å². The van der Waals surface area contributed by atoms with Gasteiger partial charge in [0.25, 0.3) is 0 Å². The third-order valence-corrected chi connectivity index (χ3v) is 2.81. The van der Waals surface area contributed by atoms with E-state index in [4.69, 9.17) is 4.74 Å². The third kappa shape index (κ3) is 1.95. The van der Waals surface area contributed by atoms with Gasteiger partial charge in [-0.1, -0.05) is 0 Å². The second kappa shape index (κ2) is 4.38. The summed E-state index contributed by atoms with van der Waals surface area (Å²) in [7, 11) is 3.19. The quantitative estimate of drug-likeness (QED) is 0.891. The first kappa shape index (κ1) is 12.5. The van der Waals surface area contributed by atoms with Gasteiger partial charge in [-0.25, -0.2) is 4.39 Å². The minimum Gasteiger partial charge on any atom is -0.493 e. The summed E-state index contributed by atoms with van der Waals surface area (Å²) in [6.07, 6.45) is 2.57. The highest BCUT2D eigenvalue weighted by molar-refractivity contribution is 5.36. The molecule has 18 heavy (non-hydrogen) atoms. The molecule has 6 heteroatoms. The van der Waals surface area contributed by atoms with Crippen LogP contribution < -0.4 is 4.74 Å². The number of rotatable bonds is 3. The summed E-state index contributed by atoms with van der Waals surface area (Å²) in [6.45, 7) is 1.56. The number of pyridine rings is 1. The number of aromatic nitrogens is 3. The molecule has 1 unspecified atom stereocenters. The molecule has 0 aliphatic carbocycles. The topological polar surface area (TPSA) is 60.2 Å². The molecule has 0 radical (unpaired) electrons. The summed E-state index contributed by atoms with van der Waals surface area (Å²) in [5.74, 6) is 0.000135. The molecule has 0 bridgehead atoms.